The molecule has 72 heavy (non-hydrogen) atoms. The molecule has 1 saturated heterocycles. The van der Waals surface area contributed by atoms with Crippen LogP contribution >= 0.6 is 0 Å². The number of carbonyl (C=O) groups is 8. The van der Waals surface area contributed by atoms with E-state index in [4.69, 9.17) is 20.9 Å². The number of carbonyl (C=O) groups excluding carboxylic acids is 8. The molecule has 0 aromatic heterocycles. The molecule has 392 valence electrons. The lowest BCUT2D eigenvalue weighted by Crippen LogP contribution is -2.64. The fraction of sp³-hybridized carbons (Fsp3) is 0.500. The smallest absolute Gasteiger partial charge is 0.252 e. The number of piperazine rings is 1. The molecule has 2 aromatic rings. The molecule has 4 atom stereocenters. The summed E-state index contributed by atoms with van der Waals surface area (Å²) in [6.07, 6.45) is -0.124. The number of nitrogens with zero attached hydrogens (tertiary/aromatic N) is 6. The minimum absolute atomic E-state index is 0.0358. The minimum Gasteiger partial charge on any atom is -0.497 e. The van der Waals surface area contributed by atoms with Gasteiger partial charge in [0, 0.05) is 24.2 Å². The third-order valence-corrected chi connectivity index (χ3v) is 10.6. The lowest BCUT2D eigenvalue weighted by molar-refractivity contribution is -0.525. The highest BCUT2D eigenvalue weighted by atomic mass is 16.7. The summed E-state index contributed by atoms with van der Waals surface area (Å²) in [7, 11) is 2.88. The van der Waals surface area contributed by atoms with Crippen molar-refractivity contribution in [2.24, 2.45) is 33.3 Å². The number of rotatable bonds is 26. The topological polar surface area (TPSA) is 397 Å². The van der Waals surface area contributed by atoms with Gasteiger partial charge < -0.3 is 42.2 Å². The third kappa shape index (κ3) is 18.8. The Hall–Kier alpha value is -8.46. The first-order valence-corrected chi connectivity index (χ1v) is 22.6. The Labute approximate surface area is 413 Å². The molecule has 0 saturated carbocycles. The highest BCUT2D eigenvalue weighted by Crippen LogP contribution is 2.18. The van der Waals surface area contributed by atoms with E-state index in [-0.39, 0.29) is 74.6 Å². The van der Waals surface area contributed by atoms with E-state index in [0.29, 0.717) is 21.3 Å². The second-order valence-corrected chi connectivity index (χ2v) is 17.1. The van der Waals surface area contributed by atoms with Crippen molar-refractivity contribution in [1.29, 1.82) is 0 Å². The molecule has 28 heteroatoms. The molecule has 0 aliphatic carbocycles. The third-order valence-electron chi connectivity index (χ3n) is 10.6. The van der Waals surface area contributed by atoms with Gasteiger partial charge >= 0.3 is 0 Å². The van der Waals surface area contributed by atoms with Crippen LogP contribution in [0.2, 0.25) is 0 Å². The zero-order valence-electron chi connectivity index (χ0n) is 40.7. The van der Waals surface area contributed by atoms with E-state index >= 15 is 0 Å². The van der Waals surface area contributed by atoms with E-state index in [1.807, 2.05) is 0 Å². The summed E-state index contributed by atoms with van der Waals surface area (Å²) in [5, 5.41) is 30.1. The van der Waals surface area contributed by atoms with Gasteiger partial charge in [0.15, 0.2) is 10.1 Å². The van der Waals surface area contributed by atoms with Gasteiger partial charge in [-0.25, -0.2) is 30.2 Å². The predicted molar refractivity (Wildman–Crippen MR) is 256 cm³/mol. The van der Waals surface area contributed by atoms with Crippen LogP contribution in [0, 0.1) is 32.1 Å². The molecule has 1 fully saturated rings. The van der Waals surface area contributed by atoms with Gasteiger partial charge in [-0.2, -0.15) is 0 Å². The van der Waals surface area contributed by atoms with Crippen LogP contribution in [0.1, 0.15) is 86.9 Å². The average molecular weight is 1010 g/mol. The predicted octanol–water partition coefficient (Wildman–Crippen LogP) is -0.861. The Morgan fingerprint density at radius 3 is 1.22 bits per heavy atom. The zero-order valence-corrected chi connectivity index (χ0v) is 40.7. The highest BCUT2D eigenvalue weighted by Gasteiger charge is 2.42. The molecular formula is C44H62N14O14. The summed E-state index contributed by atoms with van der Waals surface area (Å²) >= 11 is 0. The maximum absolute atomic E-state index is 14.2. The van der Waals surface area contributed by atoms with Crippen LogP contribution in [0.25, 0.3) is 0 Å². The van der Waals surface area contributed by atoms with Crippen molar-refractivity contribution in [3.05, 3.63) is 79.9 Å². The molecule has 0 unspecified atom stereocenters. The molecule has 1 aliphatic rings. The SMILES string of the molecule is COc1ccc(C(=O)N[C@@H](CCCN=C(N)N[N+](=O)[O-])C(=O)N[C@@H](CC(C)C)C(=O)N2CC(=O)N(C(=O)[C@H](CC(C)C)NC(=O)[C@H](CCCN=C(N)N[N+](=O)[O-])NC(=O)c3ccc(OC)cc3)CC2=O)cc1. The van der Waals surface area contributed by atoms with Crippen molar-refractivity contribution >= 4 is 59.2 Å². The zero-order chi connectivity index (χ0) is 53.7. The number of hydrogen-bond donors (Lipinski definition) is 8. The minimum atomic E-state index is -1.42. The second-order valence-electron chi connectivity index (χ2n) is 17.1. The first-order chi connectivity index (χ1) is 34.0. The van der Waals surface area contributed by atoms with Crippen LogP contribution in [0.5, 0.6) is 11.5 Å². The fourth-order valence-electron chi connectivity index (χ4n) is 7.08. The first kappa shape index (κ1) is 57.9. The average Bonchev–Trinajstić information content (AvgIpc) is 3.32. The number of ether oxygens (including phenoxy) is 2. The Balaban J connectivity index is 1.83. The monoisotopic (exact) mass is 1010 g/mol. The number of hydrogen-bond acceptors (Lipinski definition) is 16. The Bertz CT molecular complexity index is 2180. The van der Waals surface area contributed by atoms with E-state index in [0.717, 1.165) is 0 Å². The molecule has 28 nitrogen and oxygen atoms in total. The molecule has 10 N–H and O–H groups in total. The number of nitrogens with one attached hydrogen (secondary N) is 6. The number of guanidine groups is 2. The van der Waals surface area contributed by atoms with Gasteiger partial charge in [-0.1, -0.05) is 38.5 Å². The second kappa shape index (κ2) is 28.3. The number of benzene rings is 2. The maximum Gasteiger partial charge on any atom is 0.252 e. The lowest BCUT2D eigenvalue weighted by atomic mass is 10.00. The molecule has 1 heterocycles. The number of imide groups is 2. The van der Waals surface area contributed by atoms with Crippen LogP contribution in [-0.4, -0.2) is 144 Å². The number of amides is 8. The summed E-state index contributed by atoms with van der Waals surface area (Å²) in [5.41, 5.74) is 14.7. The molecule has 1 aliphatic heterocycles. The molecule has 0 spiro atoms. The Kier molecular flexibility index (Phi) is 22.7. The van der Waals surface area contributed by atoms with Crippen LogP contribution < -0.4 is 53.1 Å². The van der Waals surface area contributed by atoms with Crippen molar-refractivity contribution in [3.8, 4) is 11.5 Å². The first-order valence-electron chi connectivity index (χ1n) is 22.6. The number of methoxy groups -OCH3 is 2. The van der Waals surface area contributed by atoms with Gasteiger partial charge in [0.1, 0.15) is 48.8 Å². The Morgan fingerprint density at radius 2 is 0.931 bits per heavy atom. The van der Waals surface area contributed by atoms with Crippen molar-refractivity contribution in [2.75, 3.05) is 40.4 Å². The van der Waals surface area contributed by atoms with Crippen molar-refractivity contribution in [2.45, 2.75) is 90.4 Å². The quantitative estimate of drug-likeness (QED) is 0.0187. The fourth-order valence-corrected chi connectivity index (χ4v) is 7.08. The van der Waals surface area contributed by atoms with Gasteiger partial charge in [-0.3, -0.25) is 48.2 Å². The van der Waals surface area contributed by atoms with Crippen LogP contribution in [0.3, 0.4) is 0 Å². The standard InChI is InChI=1S/C44H62N14O14/c1-25(2)21-33(51-39(63)31(9-7-19-47-43(45)53-57(67)68)49-37(61)27-11-15-29(71-5)16-12-27)41(65)55-23-36(60)56(24-35(55)59)42(66)34(22-26(3)4)52-40(64)32(10-8-20-48-44(46)54-58(69)70)50-38(62)28-13-17-30(72-6)18-14-28/h11-18,25-26,31-34H,7-10,19-24H2,1-6H3,(H,49,61)(H,50,62)(H,51,63)(H,52,64)(H3,45,47,53)(H3,46,48,54)/t31-,32-,33-,34-/m0/s1. The van der Waals surface area contributed by atoms with Crippen molar-refractivity contribution < 1.29 is 57.9 Å². The number of aliphatic imine (C=N–C) groups is 2. The number of nitrogens with two attached hydrogens (primary N) is 2. The molecule has 0 bridgehead atoms. The largest absolute Gasteiger partial charge is 0.497 e. The van der Waals surface area contributed by atoms with Gasteiger partial charge in [-0.05, 0) is 98.9 Å². The van der Waals surface area contributed by atoms with E-state index in [2.05, 4.69) is 31.3 Å². The normalized spacial score (nSPS) is 14.6. The van der Waals surface area contributed by atoms with Crippen LogP contribution in [0.15, 0.2) is 58.5 Å². The van der Waals surface area contributed by atoms with E-state index < -0.39 is 106 Å². The highest BCUT2D eigenvalue weighted by molar-refractivity contribution is 6.11. The summed E-state index contributed by atoms with van der Waals surface area (Å²) in [6, 6.07) is 6.46. The summed E-state index contributed by atoms with van der Waals surface area (Å²) in [6.45, 7) is 4.90. The summed E-state index contributed by atoms with van der Waals surface area (Å²) < 4.78 is 10.3. The Morgan fingerprint density at radius 1 is 0.597 bits per heavy atom. The van der Waals surface area contributed by atoms with Crippen LogP contribution in [0.4, 0.5) is 0 Å². The molecule has 0 radical (unpaired) electrons. The molecule has 8 amide bonds. The van der Waals surface area contributed by atoms with E-state index in [1.54, 1.807) is 38.5 Å². The number of nitro groups is 2. The lowest BCUT2D eigenvalue weighted by Gasteiger charge is -2.36. The van der Waals surface area contributed by atoms with Crippen LogP contribution in [-0.2, 0) is 28.8 Å². The summed E-state index contributed by atoms with van der Waals surface area (Å²) in [4.78, 5) is 141. The molecule has 3 rings (SSSR count). The maximum atomic E-state index is 14.2. The van der Waals surface area contributed by atoms with E-state index in [9.17, 15) is 58.6 Å². The van der Waals surface area contributed by atoms with Gasteiger partial charge in [0.25, 0.3) is 35.5 Å². The molecule has 2 aromatic carbocycles. The van der Waals surface area contributed by atoms with Crippen molar-refractivity contribution in [3.63, 3.8) is 0 Å². The number of hydrazine groups is 2. The molecular weight excluding hydrogens is 949 g/mol. The summed E-state index contributed by atoms with van der Waals surface area (Å²) in [5.74, 6) is -7.58. The van der Waals surface area contributed by atoms with Crippen molar-refractivity contribution in [1.82, 2.24) is 41.9 Å². The van der Waals surface area contributed by atoms with Gasteiger partial charge in [-0.15, -0.1) is 0 Å². The van der Waals surface area contributed by atoms with Gasteiger partial charge in [0.2, 0.25) is 23.6 Å². The van der Waals surface area contributed by atoms with Gasteiger partial charge in [0.05, 0.1) is 14.2 Å². The van der Waals surface area contributed by atoms with E-state index in [1.165, 1.54) is 62.8 Å².